The number of hydrogen-bond acceptors (Lipinski definition) is 5. The molecule has 0 saturated carbocycles. The molecule has 6 rings (SSSR count). The number of aliphatic hydroxyl groups excluding tert-OH is 1. The van der Waals surface area contributed by atoms with Crippen molar-refractivity contribution < 1.29 is 18.3 Å². The largest absolute Gasteiger partial charge is 0.494 e. The molecule has 0 radical (unpaired) electrons. The number of aliphatic hydroxyl groups is 1. The minimum absolute atomic E-state index is 0.219. The number of rotatable bonds is 10. The molecule has 0 aliphatic carbocycles. The fourth-order valence-electron chi connectivity index (χ4n) is 5.26. The summed E-state index contributed by atoms with van der Waals surface area (Å²) in [5, 5.41) is 10.7. The van der Waals surface area contributed by atoms with E-state index in [0.717, 1.165) is 50.5 Å². The summed E-state index contributed by atoms with van der Waals surface area (Å²) in [6, 6.07) is 28.8. The summed E-state index contributed by atoms with van der Waals surface area (Å²) in [6.07, 6.45) is 7.99. The molecule has 1 aliphatic heterocycles. The lowest BCUT2D eigenvalue weighted by Crippen LogP contribution is -2.29. The third-order valence-electron chi connectivity index (χ3n) is 7.91. The highest BCUT2D eigenvalue weighted by molar-refractivity contribution is 7.91. The summed E-state index contributed by atoms with van der Waals surface area (Å²) in [6.45, 7) is 7.76. The zero-order chi connectivity index (χ0) is 34.8. The summed E-state index contributed by atoms with van der Waals surface area (Å²) >= 11 is 12.7. The summed E-state index contributed by atoms with van der Waals surface area (Å²) < 4.78 is 35.7. The third-order valence-corrected chi connectivity index (χ3v) is 9.76. The second kappa shape index (κ2) is 14.0. The first-order valence-corrected chi connectivity index (χ1v) is 17.9. The van der Waals surface area contributed by atoms with Crippen molar-refractivity contribution in [3.63, 3.8) is 0 Å². The van der Waals surface area contributed by atoms with E-state index in [2.05, 4.69) is 61.9 Å². The van der Waals surface area contributed by atoms with Crippen LogP contribution in [0.2, 0.25) is 10.0 Å². The van der Waals surface area contributed by atoms with Gasteiger partial charge in [-0.05, 0) is 82.6 Å². The minimum atomic E-state index is -3.88. The van der Waals surface area contributed by atoms with E-state index in [1.54, 1.807) is 24.3 Å². The lowest BCUT2D eigenvalue weighted by molar-refractivity contribution is 0.243. The van der Waals surface area contributed by atoms with Crippen LogP contribution in [0.1, 0.15) is 44.1 Å². The Morgan fingerprint density at radius 1 is 0.918 bits per heavy atom. The Morgan fingerprint density at radius 2 is 1.67 bits per heavy atom. The standard InChI is InChI=1S/C38H36Cl2N4O4S/c1-38(2,3)19-20-48-32-6-4-5-29(21-32)28-12-7-26(8-13-28)11-18-36-41-35(33-17-14-30(39)22-34(33)40)24-43(36)23-27-9-15-31(16-10-27)44-25-37(45)42-49(44,46)47/h4-18,21-22,24-25,42,45H,19-20,23H2,1-3H3. The van der Waals surface area contributed by atoms with Gasteiger partial charge in [-0.15, -0.1) is 0 Å². The predicted molar refractivity (Wildman–Crippen MR) is 199 cm³/mol. The van der Waals surface area contributed by atoms with E-state index in [1.807, 2.05) is 53.2 Å². The van der Waals surface area contributed by atoms with Gasteiger partial charge in [0.2, 0.25) is 5.88 Å². The second-order valence-electron chi connectivity index (χ2n) is 13.0. The van der Waals surface area contributed by atoms with Crippen LogP contribution in [0, 0.1) is 5.41 Å². The normalized spacial score (nSPS) is 14.2. The molecular weight excluding hydrogens is 679 g/mol. The maximum absolute atomic E-state index is 12.3. The number of aromatic nitrogens is 2. The molecule has 1 aromatic heterocycles. The molecule has 0 atom stereocenters. The minimum Gasteiger partial charge on any atom is -0.494 e. The van der Waals surface area contributed by atoms with Gasteiger partial charge in [0.15, 0.2) is 0 Å². The Labute approximate surface area is 297 Å². The Morgan fingerprint density at radius 3 is 2.35 bits per heavy atom. The fraction of sp³-hybridized carbons (Fsp3) is 0.184. The van der Waals surface area contributed by atoms with Crippen molar-refractivity contribution in [1.82, 2.24) is 14.3 Å². The van der Waals surface area contributed by atoms with Crippen molar-refractivity contribution in [3.8, 4) is 28.1 Å². The predicted octanol–water partition coefficient (Wildman–Crippen LogP) is 9.57. The van der Waals surface area contributed by atoms with Crippen LogP contribution in [-0.2, 0) is 16.8 Å². The maximum Gasteiger partial charge on any atom is 0.330 e. The van der Waals surface area contributed by atoms with Gasteiger partial charge in [0.1, 0.15) is 11.6 Å². The lowest BCUT2D eigenvalue weighted by atomic mass is 9.93. The van der Waals surface area contributed by atoms with Gasteiger partial charge in [0, 0.05) is 23.3 Å². The van der Waals surface area contributed by atoms with Crippen molar-refractivity contribution >= 4 is 51.3 Å². The number of ether oxygens (including phenoxy) is 1. The summed E-state index contributed by atoms with van der Waals surface area (Å²) in [7, 11) is -3.88. The van der Waals surface area contributed by atoms with Crippen LogP contribution < -0.4 is 13.8 Å². The van der Waals surface area contributed by atoms with Crippen LogP contribution in [0.25, 0.3) is 34.5 Å². The van der Waals surface area contributed by atoms with Crippen molar-refractivity contribution in [1.29, 1.82) is 0 Å². The van der Waals surface area contributed by atoms with Crippen molar-refractivity contribution in [2.75, 3.05) is 10.9 Å². The Bertz CT molecular complexity index is 2140. The van der Waals surface area contributed by atoms with Gasteiger partial charge >= 0.3 is 10.2 Å². The Kier molecular flexibility index (Phi) is 9.79. The molecule has 4 aromatic carbocycles. The van der Waals surface area contributed by atoms with Crippen LogP contribution in [0.4, 0.5) is 5.69 Å². The molecule has 2 heterocycles. The quantitative estimate of drug-likeness (QED) is 0.150. The van der Waals surface area contributed by atoms with Gasteiger partial charge in [0.25, 0.3) is 0 Å². The molecule has 0 spiro atoms. The first kappa shape index (κ1) is 34.2. The highest BCUT2D eigenvalue weighted by atomic mass is 35.5. The topological polar surface area (TPSA) is 96.7 Å². The number of imidazole rings is 1. The van der Waals surface area contributed by atoms with E-state index in [4.69, 9.17) is 32.9 Å². The molecule has 1 aliphatic rings. The average Bonchev–Trinajstić information content (AvgIpc) is 3.57. The number of halogens is 2. The van der Waals surface area contributed by atoms with Crippen LogP contribution in [0.15, 0.2) is 109 Å². The van der Waals surface area contributed by atoms with Crippen LogP contribution >= 0.6 is 23.2 Å². The van der Waals surface area contributed by atoms with Gasteiger partial charge in [-0.3, -0.25) is 0 Å². The molecule has 11 heteroatoms. The Balaban J connectivity index is 1.23. The molecule has 0 unspecified atom stereocenters. The highest BCUT2D eigenvalue weighted by Crippen LogP contribution is 2.31. The van der Waals surface area contributed by atoms with Crippen molar-refractivity contribution in [2.45, 2.75) is 33.7 Å². The number of anilines is 1. The first-order chi connectivity index (χ1) is 23.3. The number of nitrogens with zero attached hydrogens (tertiary/aromatic N) is 3. The summed E-state index contributed by atoms with van der Waals surface area (Å²) in [5.74, 6) is 1.12. The number of hydrogen-bond donors (Lipinski definition) is 2. The van der Waals surface area contributed by atoms with Gasteiger partial charge in [-0.2, -0.15) is 8.42 Å². The highest BCUT2D eigenvalue weighted by Gasteiger charge is 2.28. The van der Waals surface area contributed by atoms with Crippen LogP contribution in [0.3, 0.4) is 0 Å². The van der Waals surface area contributed by atoms with Crippen LogP contribution in [-0.4, -0.2) is 29.7 Å². The molecule has 8 nitrogen and oxygen atoms in total. The molecule has 0 saturated heterocycles. The molecule has 0 fully saturated rings. The van der Waals surface area contributed by atoms with Gasteiger partial charge in [-0.25, -0.2) is 14.0 Å². The first-order valence-electron chi connectivity index (χ1n) is 15.7. The molecule has 5 aromatic rings. The van der Waals surface area contributed by atoms with E-state index in [0.29, 0.717) is 40.4 Å². The van der Waals surface area contributed by atoms with E-state index in [9.17, 15) is 13.5 Å². The number of nitrogens with one attached hydrogen (secondary N) is 1. The third kappa shape index (κ3) is 8.48. The Hall–Kier alpha value is -4.70. The SMILES string of the molecule is CC(C)(C)CCOc1cccc(-c2ccc(C=Cc3nc(-c4ccc(Cl)cc4Cl)cn3Cc3ccc(N4C=C(O)NS4(=O)=O)cc3)cc2)c1. The molecule has 0 bridgehead atoms. The summed E-state index contributed by atoms with van der Waals surface area (Å²) in [5.41, 5.74) is 6.14. The maximum atomic E-state index is 12.3. The zero-order valence-electron chi connectivity index (χ0n) is 27.3. The van der Waals surface area contributed by atoms with Crippen LogP contribution in [0.5, 0.6) is 5.75 Å². The second-order valence-corrected chi connectivity index (χ2v) is 15.4. The van der Waals surface area contributed by atoms with E-state index >= 15 is 0 Å². The zero-order valence-corrected chi connectivity index (χ0v) is 29.6. The van der Waals surface area contributed by atoms with Gasteiger partial charge in [0.05, 0.1) is 29.2 Å². The fourth-order valence-corrected chi connectivity index (χ4v) is 6.82. The van der Waals surface area contributed by atoms with E-state index in [-0.39, 0.29) is 5.41 Å². The average molecular weight is 716 g/mol. The molecule has 49 heavy (non-hydrogen) atoms. The lowest BCUT2D eigenvalue weighted by Gasteiger charge is -2.18. The molecular formula is C38H36Cl2N4O4S. The summed E-state index contributed by atoms with van der Waals surface area (Å²) in [4.78, 5) is 4.91. The van der Waals surface area contributed by atoms with Gasteiger partial charge < -0.3 is 14.4 Å². The number of benzene rings is 4. The monoisotopic (exact) mass is 714 g/mol. The molecule has 252 valence electrons. The van der Waals surface area contributed by atoms with Gasteiger partial charge in [-0.1, -0.05) is 98.6 Å². The van der Waals surface area contributed by atoms with E-state index < -0.39 is 16.1 Å². The van der Waals surface area contributed by atoms with Crippen molar-refractivity contribution in [3.05, 3.63) is 136 Å². The van der Waals surface area contributed by atoms with E-state index in [1.165, 1.54) is 0 Å². The van der Waals surface area contributed by atoms with Crippen molar-refractivity contribution in [2.24, 2.45) is 5.41 Å². The smallest absolute Gasteiger partial charge is 0.330 e. The molecule has 0 amide bonds. The molecule has 2 N–H and O–H groups in total.